The Labute approximate surface area is 171 Å². The summed E-state index contributed by atoms with van der Waals surface area (Å²) in [6.45, 7) is 1.31. The van der Waals surface area contributed by atoms with Crippen molar-refractivity contribution in [1.29, 1.82) is 0 Å². The third kappa shape index (κ3) is 2.26. The molecule has 9 nitrogen and oxygen atoms in total. The Morgan fingerprint density at radius 1 is 1.07 bits per heavy atom. The van der Waals surface area contributed by atoms with Gasteiger partial charge in [0.2, 0.25) is 5.78 Å². The van der Waals surface area contributed by atoms with E-state index in [9.17, 15) is 40.2 Å². The number of benzene rings is 1. The molecule has 1 fully saturated rings. The quantitative estimate of drug-likeness (QED) is 0.362. The Kier molecular flexibility index (Phi) is 4.21. The van der Waals surface area contributed by atoms with E-state index in [0.717, 1.165) is 6.08 Å². The first-order valence-corrected chi connectivity index (χ1v) is 9.41. The molecule has 0 heterocycles. The third-order valence-corrected chi connectivity index (χ3v) is 6.64. The number of aromatic hydroxyl groups is 1. The molecule has 0 radical (unpaired) electrons. The average Bonchev–Trinajstić information content (AvgIpc) is 2.64. The van der Waals surface area contributed by atoms with Crippen molar-refractivity contribution in [3.8, 4) is 5.75 Å². The zero-order valence-corrected chi connectivity index (χ0v) is 16.6. The van der Waals surface area contributed by atoms with Gasteiger partial charge in [-0.2, -0.15) is 0 Å². The first-order valence-electron chi connectivity index (χ1n) is 9.41. The number of ketones is 2. The van der Waals surface area contributed by atoms with Crippen molar-refractivity contribution in [2.24, 2.45) is 11.8 Å². The molecule has 6 N–H and O–H groups in total. The maximum absolute atomic E-state index is 13.5. The van der Waals surface area contributed by atoms with Crippen molar-refractivity contribution in [2.45, 2.75) is 30.3 Å². The van der Waals surface area contributed by atoms with Gasteiger partial charge in [0, 0.05) is 6.08 Å². The van der Waals surface area contributed by atoms with Crippen LogP contribution in [0.1, 0.15) is 18.1 Å². The van der Waals surface area contributed by atoms with Crippen molar-refractivity contribution < 1.29 is 40.2 Å². The van der Waals surface area contributed by atoms with Gasteiger partial charge in [-0.15, -0.1) is 0 Å². The summed E-state index contributed by atoms with van der Waals surface area (Å²) < 4.78 is 0. The number of carbonyl (C=O) groups excluding carboxylic acids is 2. The van der Waals surface area contributed by atoms with Crippen molar-refractivity contribution in [3.63, 3.8) is 0 Å². The number of phenolic OH excluding ortho intramolecular Hbond substituents is 1. The molecule has 30 heavy (non-hydrogen) atoms. The minimum atomic E-state index is -2.69. The molecule has 1 aromatic rings. The van der Waals surface area contributed by atoms with Gasteiger partial charge in [-0.1, -0.05) is 12.1 Å². The van der Waals surface area contributed by atoms with Crippen LogP contribution >= 0.6 is 0 Å². The van der Waals surface area contributed by atoms with E-state index < -0.39 is 69.6 Å². The van der Waals surface area contributed by atoms with Gasteiger partial charge < -0.3 is 30.6 Å². The molecule has 160 valence electrons. The predicted molar refractivity (Wildman–Crippen MR) is 103 cm³/mol. The SMILES string of the molecule is CN(C)[C@@H]1C(=O)C=C(O)[C@]2(O)C(=O)C3=C(O)c4c(O)cccc4[C@@](C)(O)[C@H]3[C@H](O)[C@@H]12. The van der Waals surface area contributed by atoms with E-state index in [1.807, 2.05) is 0 Å². The average molecular weight is 417 g/mol. The van der Waals surface area contributed by atoms with E-state index in [1.54, 1.807) is 0 Å². The molecule has 9 heteroatoms. The van der Waals surface area contributed by atoms with Gasteiger partial charge in [0.25, 0.3) is 0 Å². The molecule has 1 saturated carbocycles. The number of carbonyl (C=O) groups is 2. The van der Waals surface area contributed by atoms with Crippen molar-refractivity contribution in [2.75, 3.05) is 14.1 Å². The minimum absolute atomic E-state index is 0.0781. The van der Waals surface area contributed by atoms with Crippen LogP contribution in [0.5, 0.6) is 5.75 Å². The summed E-state index contributed by atoms with van der Waals surface area (Å²) in [4.78, 5) is 27.4. The van der Waals surface area contributed by atoms with Gasteiger partial charge >= 0.3 is 0 Å². The van der Waals surface area contributed by atoms with Crippen LogP contribution in [-0.2, 0) is 15.2 Å². The van der Waals surface area contributed by atoms with Crippen LogP contribution in [0.3, 0.4) is 0 Å². The normalized spacial score (nSPS) is 38.2. The van der Waals surface area contributed by atoms with Gasteiger partial charge in [-0.3, -0.25) is 14.5 Å². The summed E-state index contributed by atoms with van der Waals surface area (Å²) in [5.41, 5.74) is -5.28. The number of nitrogens with zero attached hydrogens (tertiary/aromatic N) is 1. The van der Waals surface area contributed by atoms with E-state index in [1.165, 1.54) is 44.1 Å². The molecular weight excluding hydrogens is 394 g/mol. The van der Waals surface area contributed by atoms with Crippen LogP contribution < -0.4 is 0 Å². The largest absolute Gasteiger partial charge is 0.509 e. The zero-order chi connectivity index (χ0) is 22.3. The molecule has 4 rings (SSSR count). The Bertz CT molecular complexity index is 1040. The van der Waals surface area contributed by atoms with Gasteiger partial charge in [-0.05, 0) is 32.6 Å². The monoisotopic (exact) mass is 417 g/mol. The summed E-state index contributed by atoms with van der Waals surface area (Å²) >= 11 is 0. The highest BCUT2D eigenvalue weighted by Crippen LogP contribution is 2.56. The summed E-state index contributed by atoms with van der Waals surface area (Å²) in [5, 5.41) is 65.4. The molecule has 0 aliphatic heterocycles. The number of hydrogen-bond acceptors (Lipinski definition) is 9. The number of Topliss-reactive ketones (excluding diaryl/α,β-unsaturated/α-hetero) is 1. The van der Waals surface area contributed by atoms with Gasteiger partial charge in [0.1, 0.15) is 17.3 Å². The molecule has 0 saturated heterocycles. The lowest BCUT2D eigenvalue weighted by Crippen LogP contribution is -2.70. The molecule has 0 amide bonds. The van der Waals surface area contributed by atoms with Crippen molar-refractivity contribution in [3.05, 3.63) is 46.7 Å². The fraction of sp³-hybridized carbons (Fsp3) is 0.429. The highest BCUT2D eigenvalue weighted by atomic mass is 16.4. The molecule has 1 aromatic carbocycles. The molecule has 0 unspecified atom stereocenters. The van der Waals surface area contributed by atoms with Crippen molar-refractivity contribution >= 4 is 17.3 Å². The smallest absolute Gasteiger partial charge is 0.202 e. The Hall–Kier alpha value is -2.72. The van der Waals surface area contributed by atoms with E-state index in [2.05, 4.69) is 0 Å². The fourth-order valence-electron chi connectivity index (χ4n) is 5.29. The molecule has 3 aliphatic rings. The van der Waals surface area contributed by atoms with E-state index in [-0.39, 0.29) is 11.1 Å². The summed E-state index contributed by atoms with van der Waals surface area (Å²) in [7, 11) is 3.04. The number of phenols is 1. The topological polar surface area (TPSA) is 159 Å². The van der Waals surface area contributed by atoms with Crippen LogP contribution in [0, 0.1) is 11.8 Å². The lowest BCUT2D eigenvalue weighted by atomic mass is 9.54. The van der Waals surface area contributed by atoms with E-state index in [4.69, 9.17) is 0 Å². The lowest BCUT2D eigenvalue weighted by molar-refractivity contribution is -0.180. The Balaban J connectivity index is 2.06. The first-order chi connectivity index (χ1) is 13.9. The third-order valence-electron chi connectivity index (χ3n) is 6.64. The van der Waals surface area contributed by atoms with Gasteiger partial charge in [-0.25, -0.2) is 0 Å². The van der Waals surface area contributed by atoms with Crippen LogP contribution in [0.25, 0.3) is 5.76 Å². The first kappa shape index (κ1) is 20.5. The molecule has 3 aliphatic carbocycles. The number of likely N-dealkylation sites (N-methyl/N-ethyl adjacent to an activating group) is 1. The maximum Gasteiger partial charge on any atom is 0.202 e. The second-order valence-corrected chi connectivity index (χ2v) is 8.54. The second kappa shape index (κ2) is 6.14. The highest BCUT2D eigenvalue weighted by molar-refractivity contribution is 6.13. The lowest BCUT2D eigenvalue weighted by Gasteiger charge is -2.54. The number of hydrogen-bond donors (Lipinski definition) is 6. The number of rotatable bonds is 1. The molecular formula is C21H23NO8. The maximum atomic E-state index is 13.5. The molecule has 0 spiro atoms. The minimum Gasteiger partial charge on any atom is -0.509 e. The number of aliphatic hydroxyl groups excluding tert-OH is 3. The molecule has 0 bridgehead atoms. The van der Waals surface area contributed by atoms with Crippen molar-refractivity contribution in [1.82, 2.24) is 4.90 Å². The summed E-state index contributed by atoms with van der Waals surface area (Å²) in [5.74, 6) is -6.76. The van der Waals surface area contributed by atoms with Crippen LogP contribution in [0.4, 0.5) is 0 Å². The summed E-state index contributed by atoms with van der Waals surface area (Å²) in [6.07, 6.45) is -0.974. The van der Waals surface area contributed by atoms with Gasteiger partial charge in [0.05, 0.1) is 40.7 Å². The zero-order valence-electron chi connectivity index (χ0n) is 16.6. The Morgan fingerprint density at radius 3 is 2.30 bits per heavy atom. The van der Waals surface area contributed by atoms with Gasteiger partial charge in [0.15, 0.2) is 11.4 Å². The second-order valence-electron chi connectivity index (χ2n) is 8.54. The summed E-state index contributed by atoms with van der Waals surface area (Å²) in [6, 6.07) is 2.96. The molecule has 6 atom stereocenters. The predicted octanol–water partition coefficient (Wildman–Crippen LogP) is -0.256. The van der Waals surface area contributed by atoms with Crippen LogP contribution in [-0.4, -0.2) is 78.9 Å². The highest BCUT2D eigenvalue weighted by Gasteiger charge is 2.68. The van der Waals surface area contributed by atoms with Crippen LogP contribution in [0.15, 0.2) is 35.6 Å². The fourth-order valence-corrected chi connectivity index (χ4v) is 5.29. The molecule has 0 aromatic heterocycles. The van der Waals surface area contributed by atoms with Crippen LogP contribution in [0.2, 0.25) is 0 Å². The van der Waals surface area contributed by atoms with E-state index in [0.29, 0.717) is 0 Å². The van der Waals surface area contributed by atoms with E-state index >= 15 is 0 Å². The Morgan fingerprint density at radius 2 is 1.70 bits per heavy atom. The standard InChI is InChI=1S/C21H23NO8/c1-20(29)8-5-4-6-9(23)12(8)17(26)13-14(20)18(27)15-16(22(2)3)10(24)7-11(25)21(15,30)19(13)28/h4-7,14-16,18,23,25-27,29-30H,1-3H3/t14-,15-,16-,18+,20-,21-/m1/s1. The number of fused-ring (bicyclic) bond motifs is 3. The number of aliphatic hydroxyl groups is 5.